The van der Waals surface area contributed by atoms with Crippen LogP contribution in [-0.2, 0) is 4.74 Å². The number of aromatic nitrogens is 5. The summed E-state index contributed by atoms with van der Waals surface area (Å²) in [6.07, 6.45) is 7.21. The van der Waals surface area contributed by atoms with Crippen molar-refractivity contribution in [2.24, 2.45) is 0 Å². The Morgan fingerprint density at radius 3 is 3.00 bits per heavy atom. The third-order valence-corrected chi connectivity index (χ3v) is 5.06. The minimum atomic E-state index is -0.00582. The Labute approximate surface area is 157 Å². The fourth-order valence-corrected chi connectivity index (χ4v) is 3.66. The van der Waals surface area contributed by atoms with Gasteiger partial charge in [0.2, 0.25) is 0 Å². The first kappa shape index (κ1) is 16.2. The molecule has 0 spiro atoms. The van der Waals surface area contributed by atoms with Crippen molar-refractivity contribution in [2.45, 2.75) is 32.4 Å². The molecule has 1 N–H and O–H groups in total. The Morgan fingerprint density at radius 2 is 2.15 bits per heavy atom. The molecule has 1 aliphatic rings. The van der Waals surface area contributed by atoms with Gasteiger partial charge >= 0.3 is 0 Å². The summed E-state index contributed by atoms with van der Waals surface area (Å²) >= 11 is 0. The molecule has 1 atom stereocenters. The second-order valence-corrected chi connectivity index (χ2v) is 7.03. The van der Waals surface area contributed by atoms with Gasteiger partial charge in [-0.3, -0.25) is 10.1 Å². The summed E-state index contributed by atoms with van der Waals surface area (Å²) in [5, 5.41) is 13.1. The summed E-state index contributed by atoms with van der Waals surface area (Å²) in [5.74, 6) is 0. The molecule has 1 fully saturated rings. The Bertz CT molecular complexity index is 1090. The molecule has 4 heterocycles. The number of aromatic amines is 1. The molecule has 1 aliphatic heterocycles. The van der Waals surface area contributed by atoms with E-state index in [-0.39, 0.29) is 6.23 Å². The molecular weight excluding hydrogens is 338 g/mol. The molecule has 0 amide bonds. The Morgan fingerprint density at radius 1 is 1.19 bits per heavy atom. The highest BCUT2D eigenvalue weighted by Gasteiger charge is 2.21. The van der Waals surface area contributed by atoms with Gasteiger partial charge in [0.05, 0.1) is 17.4 Å². The lowest BCUT2D eigenvalue weighted by molar-refractivity contribution is -0.0393. The molecule has 27 heavy (non-hydrogen) atoms. The lowest BCUT2D eigenvalue weighted by Crippen LogP contribution is -2.18. The van der Waals surface area contributed by atoms with Gasteiger partial charge in [-0.1, -0.05) is 12.1 Å². The maximum Gasteiger partial charge on any atom is 0.150 e. The van der Waals surface area contributed by atoms with E-state index < -0.39 is 0 Å². The van der Waals surface area contributed by atoms with Crippen LogP contribution in [0.4, 0.5) is 0 Å². The monoisotopic (exact) mass is 359 g/mol. The molecule has 1 saturated heterocycles. The van der Waals surface area contributed by atoms with Gasteiger partial charge in [0.25, 0.3) is 0 Å². The van der Waals surface area contributed by atoms with Crippen molar-refractivity contribution in [3.05, 3.63) is 54.5 Å². The summed E-state index contributed by atoms with van der Waals surface area (Å²) in [6.45, 7) is 2.79. The number of pyridine rings is 1. The summed E-state index contributed by atoms with van der Waals surface area (Å²) in [4.78, 5) is 4.71. The molecule has 6 nitrogen and oxygen atoms in total. The first-order valence-electron chi connectivity index (χ1n) is 9.36. The van der Waals surface area contributed by atoms with Crippen molar-refractivity contribution in [2.75, 3.05) is 6.61 Å². The molecule has 0 bridgehead atoms. The molecule has 6 heteroatoms. The quantitative estimate of drug-likeness (QED) is 0.585. The number of nitrogens with zero attached hydrogens (tertiary/aromatic N) is 4. The normalized spacial score (nSPS) is 17.4. The Hall–Kier alpha value is -2.99. The molecule has 3 aromatic heterocycles. The van der Waals surface area contributed by atoms with Crippen LogP contribution in [-0.4, -0.2) is 31.6 Å². The van der Waals surface area contributed by atoms with Crippen LogP contribution in [0.1, 0.15) is 31.2 Å². The molecular formula is C21H21N5O. The van der Waals surface area contributed by atoms with E-state index in [2.05, 4.69) is 34.6 Å². The lowest BCUT2D eigenvalue weighted by Gasteiger charge is -2.22. The summed E-state index contributed by atoms with van der Waals surface area (Å²) in [7, 11) is 0. The lowest BCUT2D eigenvalue weighted by atomic mass is 10.0. The smallest absolute Gasteiger partial charge is 0.150 e. The zero-order chi connectivity index (χ0) is 18.2. The second kappa shape index (κ2) is 6.63. The number of H-pyrrole nitrogens is 1. The molecule has 0 radical (unpaired) electrons. The number of nitrogens with one attached hydrogen (secondary N) is 1. The molecule has 4 aromatic rings. The maximum atomic E-state index is 5.95. The molecule has 1 unspecified atom stereocenters. The van der Waals surface area contributed by atoms with E-state index in [4.69, 9.17) is 14.8 Å². The van der Waals surface area contributed by atoms with Crippen LogP contribution < -0.4 is 0 Å². The number of rotatable bonds is 3. The number of aryl methyl sites for hydroxylation is 1. The molecule has 5 rings (SSSR count). The van der Waals surface area contributed by atoms with E-state index >= 15 is 0 Å². The van der Waals surface area contributed by atoms with E-state index in [1.54, 1.807) is 0 Å². The van der Waals surface area contributed by atoms with Crippen LogP contribution in [0.25, 0.3) is 33.4 Å². The maximum absolute atomic E-state index is 5.95. The van der Waals surface area contributed by atoms with Crippen molar-refractivity contribution in [3.8, 4) is 22.5 Å². The number of hydrogen-bond acceptors (Lipinski definition) is 4. The van der Waals surface area contributed by atoms with E-state index in [9.17, 15) is 0 Å². The number of hydrogen-bond donors (Lipinski definition) is 1. The highest BCUT2D eigenvalue weighted by atomic mass is 16.5. The van der Waals surface area contributed by atoms with Crippen molar-refractivity contribution >= 4 is 10.9 Å². The van der Waals surface area contributed by atoms with E-state index in [0.29, 0.717) is 0 Å². The van der Waals surface area contributed by atoms with Gasteiger partial charge in [-0.2, -0.15) is 10.2 Å². The predicted octanol–water partition coefficient (Wildman–Crippen LogP) is 4.50. The van der Waals surface area contributed by atoms with Gasteiger partial charge in [0.15, 0.2) is 0 Å². The zero-order valence-electron chi connectivity index (χ0n) is 15.2. The fraction of sp³-hybridized carbons (Fsp3) is 0.286. The van der Waals surface area contributed by atoms with Gasteiger partial charge in [-0.25, -0.2) is 4.68 Å². The van der Waals surface area contributed by atoms with Gasteiger partial charge in [-0.15, -0.1) is 0 Å². The van der Waals surface area contributed by atoms with Crippen LogP contribution in [0.5, 0.6) is 0 Å². The van der Waals surface area contributed by atoms with Crippen LogP contribution in [0.15, 0.2) is 48.8 Å². The van der Waals surface area contributed by atoms with Gasteiger partial charge in [0, 0.05) is 29.4 Å². The minimum Gasteiger partial charge on any atom is -0.357 e. The summed E-state index contributed by atoms with van der Waals surface area (Å²) in [6, 6.07) is 12.3. The van der Waals surface area contributed by atoms with Crippen LogP contribution in [0, 0.1) is 6.92 Å². The second-order valence-electron chi connectivity index (χ2n) is 7.03. The van der Waals surface area contributed by atoms with Crippen molar-refractivity contribution < 1.29 is 4.74 Å². The van der Waals surface area contributed by atoms with Crippen molar-refractivity contribution in [3.63, 3.8) is 0 Å². The minimum absolute atomic E-state index is 0.00582. The van der Waals surface area contributed by atoms with Crippen molar-refractivity contribution in [1.29, 1.82) is 0 Å². The topological polar surface area (TPSA) is 68.6 Å². The summed E-state index contributed by atoms with van der Waals surface area (Å²) < 4.78 is 7.92. The Kier molecular flexibility index (Phi) is 3.98. The Balaban J connectivity index is 1.66. The van der Waals surface area contributed by atoms with Crippen LogP contribution in [0.3, 0.4) is 0 Å². The van der Waals surface area contributed by atoms with E-state index in [0.717, 1.165) is 58.6 Å². The van der Waals surface area contributed by atoms with Crippen molar-refractivity contribution in [1.82, 2.24) is 25.0 Å². The fourth-order valence-electron chi connectivity index (χ4n) is 3.66. The largest absolute Gasteiger partial charge is 0.357 e. The number of benzene rings is 1. The third-order valence-electron chi connectivity index (χ3n) is 5.06. The first-order valence-corrected chi connectivity index (χ1v) is 9.36. The highest BCUT2D eigenvalue weighted by Crippen LogP contribution is 2.34. The standard InChI is InChI=1S/C21H21N5O/c1-14-5-4-6-19(23-14)21-17(13-26(25-21)20-7-2-3-10-27-20)15-8-9-18-16(11-15)12-22-24-18/h4-6,8-9,11-13,20H,2-3,7,10H2,1H3,(H,22,24). The molecule has 1 aromatic carbocycles. The summed E-state index contributed by atoms with van der Waals surface area (Å²) in [5.41, 5.74) is 5.93. The average molecular weight is 359 g/mol. The third kappa shape index (κ3) is 3.02. The van der Waals surface area contributed by atoms with Gasteiger partial charge < -0.3 is 4.74 Å². The van der Waals surface area contributed by atoms with Gasteiger partial charge in [-0.05, 0) is 56.0 Å². The first-order chi connectivity index (χ1) is 13.3. The molecule has 0 saturated carbocycles. The van der Waals surface area contributed by atoms with Gasteiger partial charge in [0.1, 0.15) is 11.9 Å². The van der Waals surface area contributed by atoms with Crippen LogP contribution >= 0.6 is 0 Å². The molecule has 0 aliphatic carbocycles. The highest BCUT2D eigenvalue weighted by molar-refractivity contribution is 5.87. The number of fused-ring (bicyclic) bond motifs is 1. The van der Waals surface area contributed by atoms with Crippen LogP contribution in [0.2, 0.25) is 0 Å². The molecule has 136 valence electrons. The average Bonchev–Trinajstić information content (AvgIpc) is 3.35. The predicted molar refractivity (Wildman–Crippen MR) is 104 cm³/mol. The zero-order valence-corrected chi connectivity index (χ0v) is 15.2. The number of ether oxygens (including phenoxy) is 1. The van der Waals surface area contributed by atoms with E-state index in [1.807, 2.05) is 36.0 Å². The SMILES string of the molecule is Cc1cccc(-c2nn(C3CCCCO3)cc2-c2ccc3[nH]ncc3c2)n1. The van der Waals surface area contributed by atoms with E-state index in [1.165, 1.54) is 6.42 Å².